The molecule has 5 heteroatoms. The van der Waals surface area contributed by atoms with Gasteiger partial charge in [0.15, 0.2) is 0 Å². The number of rotatable bonds is 8. The van der Waals surface area contributed by atoms with Gasteiger partial charge in [-0.15, -0.1) is 0 Å². The zero-order valence-electron chi connectivity index (χ0n) is 14.6. The van der Waals surface area contributed by atoms with Crippen molar-refractivity contribution in [1.82, 2.24) is 14.9 Å². The van der Waals surface area contributed by atoms with Crippen LogP contribution in [0.15, 0.2) is 36.7 Å². The van der Waals surface area contributed by atoms with Gasteiger partial charge >= 0.3 is 5.97 Å². The molecular formula is C19H25N3O2. The van der Waals surface area contributed by atoms with E-state index in [9.17, 15) is 4.79 Å². The topological polar surface area (TPSA) is 56.1 Å². The van der Waals surface area contributed by atoms with Crippen molar-refractivity contribution in [2.45, 2.75) is 26.8 Å². The molecule has 5 nitrogen and oxygen atoms in total. The van der Waals surface area contributed by atoms with Crippen LogP contribution >= 0.6 is 0 Å². The summed E-state index contributed by atoms with van der Waals surface area (Å²) in [5, 5.41) is 3.46. The van der Waals surface area contributed by atoms with E-state index in [1.54, 1.807) is 13.0 Å². The van der Waals surface area contributed by atoms with Crippen LogP contribution in [-0.4, -0.2) is 28.7 Å². The zero-order valence-corrected chi connectivity index (χ0v) is 14.6. The Kier molecular flexibility index (Phi) is 6.75. The summed E-state index contributed by atoms with van der Waals surface area (Å²) >= 11 is 0. The standard InChI is InChI=1S/C19H25N3O2/c1-4-24-19(23)8-7-17-5-6-18(22(17)3)14-21-12-10-16-9-11-20-13-15(16)2/h5-9,11,13,21H,4,10,12,14H2,1-3H3/b8-7+. The molecule has 128 valence electrons. The van der Waals surface area contributed by atoms with Crippen LogP contribution in [0.25, 0.3) is 6.08 Å². The van der Waals surface area contributed by atoms with Crippen molar-refractivity contribution in [2.75, 3.05) is 13.2 Å². The smallest absolute Gasteiger partial charge is 0.330 e. The van der Waals surface area contributed by atoms with Gasteiger partial charge in [0.25, 0.3) is 0 Å². The zero-order chi connectivity index (χ0) is 17.4. The van der Waals surface area contributed by atoms with Gasteiger partial charge in [-0.05, 0) is 62.2 Å². The first-order chi connectivity index (χ1) is 11.6. The molecule has 2 aromatic heterocycles. The second kappa shape index (κ2) is 9.03. The van der Waals surface area contributed by atoms with E-state index >= 15 is 0 Å². The Bertz CT molecular complexity index is 704. The van der Waals surface area contributed by atoms with Crippen molar-refractivity contribution in [3.63, 3.8) is 0 Å². The summed E-state index contributed by atoms with van der Waals surface area (Å²) in [5.41, 5.74) is 4.70. The summed E-state index contributed by atoms with van der Waals surface area (Å²) in [5.74, 6) is -0.314. The van der Waals surface area contributed by atoms with Crippen LogP contribution in [0.3, 0.4) is 0 Å². The van der Waals surface area contributed by atoms with Crippen LogP contribution in [0.1, 0.15) is 29.4 Å². The van der Waals surface area contributed by atoms with Crippen molar-refractivity contribution in [3.05, 3.63) is 59.2 Å². The first-order valence-corrected chi connectivity index (χ1v) is 8.21. The predicted octanol–water partition coefficient (Wildman–Crippen LogP) is 2.64. The van der Waals surface area contributed by atoms with Crippen LogP contribution in [0.2, 0.25) is 0 Å². The number of hydrogen-bond acceptors (Lipinski definition) is 4. The number of aromatic nitrogens is 2. The maximum Gasteiger partial charge on any atom is 0.330 e. The number of pyridine rings is 1. The lowest BCUT2D eigenvalue weighted by Gasteiger charge is -2.09. The number of nitrogens with one attached hydrogen (secondary N) is 1. The minimum atomic E-state index is -0.314. The largest absolute Gasteiger partial charge is 0.463 e. The SMILES string of the molecule is CCOC(=O)/C=C/c1ccc(CNCCc2ccncc2C)n1C. The molecule has 0 aliphatic carbocycles. The van der Waals surface area contributed by atoms with Crippen LogP contribution in [0.5, 0.6) is 0 Å². The maximum atomic E-state index is 11.4. The summed E-state index contributed by atoms with van der Waals surface area (Å²) < 4.78 is 6.96. The molecule has 0 saturated carbocycles. The van der Waals surface area contributed by atoms with Crippen LogP contribution in [0, 0.1) is 6.92 Å². The monoisotopic (exact) mass is 327 g/mol. The van der Waals surface area contributed by atoms with E-state index < -0.39 is 0 Å². The van der Waals surface area contributed by atoms with Gasteiger partial charge in [-0.25, -0.2) is 4.79 Å². The van der Waals surface area contributed by atoms with E-state index in [1.807, 2.05) is 25.5 Å². The average Bonchev–Trinajstić information content (AvgIpc) is 2.92. The first kappa shape index (κ1) is 17.9. The second-order valence-corrected chi connectivity index (χ2v) is 5.62. The number of esters is 1. The lowest BCUT2D eigenvalue weighted by molar-refractivity contribution is -0.137. The molecule has 0 atom stereocenters. The highest BCUT2D eigenvalue weighted by Gasteiger charge is 2.03. The number of aryl methyl sites for hydroxylation is 1. The molecule has 0 unspecified atom stereocenters. The number of nitrogens with zero attached hydrogens (tertiary/aromatic N) is 2. The normalized spacial score (nSPS) is 11.1. The summed E-state index contributed by atoms with van der Waals surface area (Å²) in [6.07, 6.45) is 7.95. The van der Waals surface area contributed by atoms with Gasteiger partial charge in [-0.3, -0.25) is 4.98 Å². The van der Waals surface area contributed by atoms with Crippen molar-refractivity contribution < 1.29 is 9.53 Å². The molecule has 0 fully saturated rings. The Morgan fingerprint density at radius 1 is 1.38 bits per heavy atom. The third-order valence-electron chi connectivity index (χ3n) is 3.96. The van der Waals surface area contributed by atoms with Crippen molar-refractivity contribution in [1.29, 1.82) is 0 Å². The van der Waals surface area contributed by atoms with Gasteiger partial charge < -0.3 is 14.6 Å². The quantitative estimate of drug-likeness (QED) is 0.460. The highest BCUT2D eigenvalue weighted by molar-refractivity contribution is 5.86. The Morgan fingerprint density at radius 3 is 2.96 bits per heavy atom. The molecule has 0 bridgehead atoms. The summed E-state index contributed by atoms with van der Waals surface area (Å²) in [6, 6.07) is 6.13. The van der Waals surface area contributed by atoms with E-state index in [2.05, 4.69) is 33.9 Å². The average molecular weight is 327 g/mol. The minimum Gasteiger partial charge on any atom is -0.463 e. The van der Waals surface area contributed by atoms with E-state index in [0.717, 1.165) is 25.2 Å². The Morgan fingerprint density at radius 2 is 2.21 bits per heavy atom. The lowest BCUT2D eigenvalue weighted by Crippen LogP contribution is -2.18. The number of carbonyl (C=O) groups excluding carboxylic acids is 1. The maximum absolute atomic E-state index is 11.4. The van der Waals surface area contributed by atoms with E-state index in [-0.39, 0.29) is 5.97 Å². The summed E-state index contributed by atoms with van der Waals surface area (Å²) in [4.78, 5) is 15.5. The molecule has 1 N–H and O–H groups in total. The van der Waals surface area contributed by atoms with E-state index in [1.165, 1.54) is 22.9 Å². The van der Waals surface area contributed by atoms with Crippen molar-refractivity contribution in [3.8, 4) is 0 Å². The van der Waals surface area contributed by atoms with Gasteiger partial charge in [-0.1, -0.05) is 0 Å². The Labute approximate surface area is 143 Å². The van der Waals surface area contributed by atoms with Gasteiger partial charge in [0.05, 0.1) is 6.61 Å². The Hall–Kier alpha value is -2.40. The lowest BCUT2D eigenvalue weighted by atomic mass is 10.1. The predicted molar refractivity (Wildman–Crippen MR) is 95.5 cm³/mol. The van der Waals surface area contributed by atoms with E-state index in [0.29, 0.717) is 6.61 Å². The van der Waals surface area contributed by atoms with Gasteiger partial charge in [0.2, 0.25) is 0 Å². The van der Waals surface area contributed by atoms with Gasteiger partial charge in [0, 0.05) is 43.4 Å². The van der Waals surface area contributed by atoms with Gasteiger partial charge in [-0.2, -0.15) is 0 Å². The Balaban J connectivity index is 1.83. The molecule has 0 spiro atoms. The van der Waals surface area contributed by atoms with Crippen molar-refractivity contribution in [2.24, 2.45) is 7.05 Å². The molecule has 0 saturated heterocycles. The fraction of sp³-hybridized carbons (Fsp3) is 0.368. The minimum absolute atomic E-state index is 0.314. The van der Waals surface area contributed by atoms with Gasteiger partial charge in [0.1, 0.15) is 0 Å². The van der Waals surface area contributed by atoms with Crippen LogP contribution < -0.4 is 5.32 Å². The third kappa shape index (κ3) is 5.06. The fourth-order valence-corrected chi connectivity index (χ4v) is 2.48. The number of hydrogen-bond donors (Lipinski definition) is 1. The first-order valence-electron chi connectivity index (χ1n) is 8.21. The highest BCUT2D eigenvalue weighted by Crippen LogP contribution is 2.10. The molecule has 0 radical (unpaired) electrons. The van der Waals surface area contributed by atoms with Crippen LogP contribution in [0.4, 0.5) is 0 Å². The fourth-order valence-electron chi connectivity index (χ4n) is 2.48. The van der Waals surface area contributed by atoms with Crippen molar-refractivity contribution >= 4 is 12.0 Å². The molecule has 2 aromatic rings. The molecule has 24 heavy (non-hydrogen) atoms. The molecule has 0 aliphatic rings. The number of carbonyl (C=O) groups is 1. The summed E-state index contributed by atoms with van der Waals surface area (Å²) in [6.45, 7) is 5.97. The third-order valence-corrected chi connectivity index (χ3v) is 3.96. The molecular weight excluding hydrogens is 302 g/mol. The molecule has 0 aliphatic heterocycles. The molecule has 0 aromatic carbocycles. The summed E-state index contributed by atoms with van der Waals surface area (Å²) in [7, 11) is 1.99. The van der Waals surface area contributed by atoms with E-state index in [4.69, 9.17) is 4.74 Å². The highest BCUT2D eigenvalue weighted by atomic mass is 16.5. The number of ether oxygens (including phenoxy) is 1. The molecule has 0 amide bonds. The molecule has 2 rings (SSSR count). The second-order valence-electron chi connectivity index (χ2n) is 5.62. The molecule has 2 heterocycles. The van der Waals surface area contributed by atoms with Crippen LogP contribution in [-0.2, 0) is 29.5 Å².